The van der Waals surface area contributed by atoms with Gasteiger partial charge in [0.25, 0.3) is 0 Å². The summed E-state index contributed by atoms with van der Waals surface area (Å²) in [5.74, 6) is 0. The van der Waals surface area contributed by atoms with Crippen LogP contribution in [0.5, 0.6) is 0 Å². The van der Waals surface area contributed by atoms with Crippen LogP contribution >= 0.6 is 0 Å². The summed E-state index contributed by atoms with van der Waals surface area (Å²) >= 11 is 0. The molecule has 0 unspecified atom stereocenters. The van der Waals surface area contributed by atoms with Gasteiger partial charge in [-0.25, -0.2) is 0 Å². The Balaban J connectivity index is 3.07. The molecule has 0 fully saturated rings. The zero-order valence-electron chi connectivity index (χ0n) is 5.74. The topological polar surface area (TPSA) is 47.0 Å². The summed E-state index contributed by atoms with van der Waals surface area (Å²) in [6.45, 7) is 1.90. The molecule has 52 valence electrons. The third-order valence-electron chi connectivity index (χ3n) is 1.20. The molecule has 3 heteroatoms. The van der Waals surface area contributed by atoms with Crippen molar-refractivity contribution in [3.05, 3.63) is 30.1 Å². The number of primary amides is 1. The Morgan fingerprint density at radius 1 is 1.70 bits per heavy atom. The first-order valence-corrected chi connectivity index (χ1v) is 2.98. The van der Waals surface area contributed by atoms with Crippen LogP contribution in [0.25, 0.3) is 0 Å². The van der Waals surface area contributed by atoms with Crippen LogP contribution in [0.1, 0.15) is 5.56 Å². The number of hydrogen-bond donors (Lipinski definition) is 1. The molecular formula is C7H9N2O+. The van der Waals surface area contributed by atoms with Gasteiger partial charge in [-0.1, -0.05) is 6.07 Å². The Labute approximate surface area is 59.1 Å². The zero-order valence-corrected chi connectivity index (χ0v) is 5.74. The Bertz CT molecular complexity index is 258. The number of carbonyl (C=O) groups excluding carboxylic acids is 1. The van der Waals surface area contributed by atoms with E-state index in [0.717, 1.165) is 5.56 Å². The Kier molecular flexibility index (Phi) is 1.67. The summed E-state index contributed by atoms with van der Waals surface area (Å²) in [5.41, 5.74) is 6.02. The molecule has 0 aliphatic carbocycles. The molecule has 0 aliphatic heterocycles. The smallest absolute Gasteiger partial charge is 0.250 e. The molecule has 0 aliphatic rings. The van der Waals surface area contributed by atoms with Gasteiger partial charge >= 0.3 is 6.03 Å². The summed E-state index contributed by atoms with van der Waals surface area (Å²) in [7, 11) is 0. The summed E-state index contributed by atoms with van der Waals surface area (Å²) in [6.07, 6.45) is 3.30. The van der Waals surface area contributed by atoms with Crippen LogP contribution in [-0.4, -0.2) is 6.03 Å². The zero-order chi connectivity index (χ0) is 7.56. The van der Waals surface area contributed by atoms with Crippen molar-refractivity contribution < 1.29 is 9.36 Å². The van der Waals surface area contributed by atoms with E-state index in [1.807, 2.05) is 13.0 Å². The fourth-order valence-electron chi connectivity index (χ4n) is 0.730. The molecule has 0 radical (unpaired) electrons. The summed E-state index contributed by atoms with van der Waals surface area (Å²) < 4.78 is 1.34. The SMILES string of the molecule is Cc1ccc[n+](C(N)=O)c1. The first-order valence-electron chi connectivity index (χ1n) is 2.98. The highest BCUT2D eigenvalue weighted by Gasteiger charge is 2.02. The molecule has 3 nitrogen and oxygen atoms in total. The van der Waals surface area contributed by atoms with Crippen molar-refractivity contribution in [3.63, 3.8) is 0 Å². The first kappa shape index (κ1) is 6.74. The number of rotatable bonds is 0. The van der Waals surface area contributed by atoms with Crippen LogP contribution in [0.2, 0.25) is 0 Å². The van der Waals surface area contributed by atoms with Gasteiger partial charge in [0.05, 0.1) is 6.20 Å². The molecule has 0 bridgehead atoms. The molecule has 1 aromatic rings. The summed E-state index contributed by atoms with van der Waals surface area (Å²) in [6, 6.07) is 3.23. The molecular weight excluding hydrogens is 128 g/mol. The number of nitrogens with zero attached hydrogens (tertiary/aromatic N) is 1. The molecule has 0 spiro atoms. The average molecular weight is 137 g/mol. The molecule has 0 aromatic carbocycles. The second-order valence-corrected chi connectivity index (χ2v) is 2.13. The summed E-state index contributed by atoms with van der Waals surface area (Å²) in [4.78, 5) is 10.5. The Hall–Kier alpha value is -1.38. The standard InChI is InChI=1S/C7H8N2O/c1-6-3-2-4-9(5-6)7(8)10/h2-5H,1H3,(H-,8,10)/p+1. The van der Waals surface area contributed by atoms with Crippen LogP contribution in [0.4, 0.5) is 4.79 Å². The van der Waals surface area contributed by atoms with Crippen molar-refractivity contribution in [2.75, 3.05) is 0 Å². The number of aryl methyl sites for hydroxylation is 1. The third-order valence-corrected chi connectivity index (χ3v) is 1.20. The van der Waals surface area contributed by atoms with E-state index in [9.17, 15) is 4.79 Å². The van der Waals surface area contributed by atoms with Crippen LogP contribution in [-0.2, 0) is 0 Å². The first-order chi connectivity index (χ1) is 4.70. The van der Waals surface area contributed by atoms with Crippen LogP contribution < -0.4 is 10.3 Å². The number of pyridine rings is 1. The van der Waals surface area contributed by atoms with E-state index in [1.54, 1.807) is 18.5 Å². The van der Waals surface area contributed by atoms with Crippen molar-refractivity contribution >= 4 is 6.03 Å². The van der Waals surface area contributed by atoms with Crippen molar-refractivity contribution in [1.29, 1.82) is 0 Å². The number of nitrogens with two attached hydrogens (primary N) is 1. The van der Waals surface area contributed by atoms with Gasteiger partial charge < -0.3 is 0 Å². The van der Waals surface area contributed by atoms with Crippen molar-refractivity contribution in [1.82, 2.24) is 0 Å². The maximum atomic E-state index is 10.5. The minimum atomic E-state index is -0.455. The van der Waals surface area contributed by atoms with Crippen LogP contribution in [0.15, 0.2) is 24.5 Å². The van der Waals surface area contributed by atoms with Gasteiger partial charge in [0, 0.05) is 0 Å². The lowest BCUT2D eigenvalue weighted by Gasteiger charge is -1.91. The minimum absolute atomic E-state index is 0.455. The number of amides is 1. The largest absolute Gasteiger partial charge is 0.493 e. The van der Waals surface area contributed by atoms with Gasteiger partial charge in [-0.2, -0.15) is 9.36 Å². The molecule has 1 amide bonds. The van der Waals surface area contributed by atoms with Gasteiger partial charge in [0.2, 0.25) is 0 Å². The quantitative estimate of drug-likeness (QED) is 0.510. The lowest BCUT2D eigenvalue weighted by atomic mass is 10.3. The van der Waals surface area contributed by atoms with Crippen LogP contribution in [0.3, 0.4) is 0 Å². The highest BCUT2D eigenvalue weighted by Crippen LogP contribution is 1.87. The lowest BCUT2D eigenvalue weighted by Crippen LogP contribution is -2.46. The Morgan fingerprint density at radius 3 is 2.80 bits per heavy atom. The van der Waals surface area contributed by atoms with E-state index >= 15 is 0 Å². The maximum Gasteiger partial charge on any atom is 0.493 e. The third kappa shape index (κ3) is 1.31. The van der Waals surface area contributed by atoms with E-state index in [4.69, 9.17) is 5.73 Å². The minimum Gasteiger partial charge on any atom is -0.250 e. The maximum absolute atomic E-state index is 10.5. The van der Waals surface area contributed by atoms with E-state index < -0.39 is 6.03 Å². The predicted octanol–water partition coefficient (Wildman–Crippen LogP) is 0.209. The molecule has 2 N–H and O–H groups in total. The van der Waals surface area contributed by atoms with Crippen molar-refractivity contribution in [2.45, 2.75) is 6.92 Å². The fourth-order valence-corrected chi connectivity index (χ4v) is 0.730. The van der Waals surface area contributed by atoms with Crippen molar-refractivity contribution in [2.24, 2.45) is 5.73 Å². The van der Waals surface area contributed by atoms with E-state index in [1.165, 1.54) is 4.57 Å². The van der Waals surface area contributed by atoms with E-state index in [0.29, 0.717) is 0 Å². The normalized spacial score (nSPS) is 9.30. The van der Waals surface area contributed by atoms with E-state index in [2.05, 4.69) is 0 Å². The fraction of sp³-hybridized carbons (Fsp3) is 0.143. The highest BCUT2D eigenvalue weighted by molar-refractivity contribution is 5.61. The highest BCUT2D eigenvalue weighted by atomic mass is 16.2. The molecule has 1 heterocycles. The molecule has 1 rings (SSSR count). The second-order valence-electron chi connectivity index (χ2n) is 2.13. The van der Waals surface area contributed by atoms with Gasteiger partial charge in [-0.3, -0.25) is 5.73 Å². The van der Waals surface area contributed by atoms with Gasteiger partial charge in [0.15, 0.2) is 0 Å². The van der Waals surface area contributed by atoms with Crippen LogP contribution in [0, 0.1) is 6.92 Å². The molecule has 0 saturated heterocycles. The molecule has 0 atom stereocenters. The number of hydrogen-bond acceptors (Lipinski definition) is 1. The average Bonchev–Trinajstić information content (AvgIpc) is 1.88. The molecule has 10 heavy (non-hydrogen) atoms. The lowest BCUT2D eigenvalue weighted by molar-refractivity contribution is -0.570. The number of carbonyl (C=O) groups is 1. The monoisotopic (exact) mass is 137 g/mol. The molecule has 1 aromatic heterocycles. The number of aromatic nitrogens is 1. The predicted molar refractivity (Wildman–Crippen MR) is 36.4 cm³/mol. The Morgan fingerprint density at radius 2 is 2.40 bits per heavy atom. The van der Waals surface area contributed by atoms with Crippen molar-refractivity contribution in [3.8, 4) is 0 Å². The molecule has 0 saturated carbocycles. The second kappa shape index (κ2) is 2.47. The van der Waals surface area contributed by atoms with Gasteiger partial charge in [-0.15, -0.1) is 0 Å². The van der Waals surface area contributed by atoms with E-state index in [-0.39, 0.29) is 0 Å². The van der Waals surface area contributed by atoms with Gasteiger partial charge in [0.1, 0.15) is 6.20 Å². The summed E-state index contributed by atoms with van der Waals surface area (Å²) in [5, 5.41) is 0. The van der Waals surface area contributed by atoms with Gasteiger partial charge in [-0.05, 0) is 18.6 Å².